The first kappa shape index (κ1) is 15.1. The molecule has 1 aromatic heterocycles. The van der Waals surface area contributed by atoms with Crippen molar-refractivity contribution in [3.05, 3.63) is 17.5 Å². The van der Waals surface area contributed by atoms with Crippen LogP contribution in [0.2, 0.25) is 0 Å². The van der Waals surface area contributed by atoms with Crippen molar-refractivity contribution in [1.82, 2.24) is 14.7 Å². The maximum atomic E-state index is 12.9. The lowest BCUT2D eigenvalue weighted by Crippen LogP contribution is -2.35. The standard InChI is InChI=1S/C16H24N4O2/c1-16(2,3)20-13(8-12(18-20)10-4-5-10)15(22)19-7-6-11(9-19)14(17)21/h8,10-11H,4-7,9H2,1-3H3,(H2,17,21). The maximum absolute atomic E-state index is 12.9. The van der Waals surface area contributed by atoms with Crippen LogP contribution in [0.4, 0.5) is 0 Å². The van der Waals surface area contributed by atoms with Crippen molar-refractivity contribution in [1.29, 1.82) is 0 Å². The summed E-state index contributed by atoms with van der Waals surface area (Å²) in [4.78, 5) is 25.9. The Morgan fingerprint density at radius 3 is 2.45 bits per heavy atom. The quantitative estimate of drug-likeness (QED) is 0.918. The molecule has 1 atom stereocenters. The minimum atomic E-state index is -0.321. The van der Waals surface area contributed by atoms with E-state index in [0.717, 1.165) is 18.5 Å². The van der Waals surface area contributed by atoms with Crippen LogP contribution in [0.3, 0.4) is 0 Å². The van der Waals surface area contributed by atoms with Gasteiger partial charge < -0.3 is 10.6 Å². The van der Waals surface area contributed by atoms with Crippen molar-refractivity contribution in [3.8, 4) is 0 Å². The van der Waals surface area contributed by atoms with E-state index < -0.39 is 0 Å². The Kier molecular flexibility index (Phi) is 3.50. The van der Waals surface area contributed by atoms with Crippen molar-refractivity contribution in [3.63, 3.8) is 0 Å². The third-order valence-corrected chi connectivity index (χ3v) is 4.46. The minimum Gasteiger partial charge on any atom is -0.369 e. The second kappa shape index (κ2) is 5.11. The lowest BCUT2D eigenvalue weighted by Gasteiger charge is -2.24. The molecule has 2 amide bonds. The number of nitrogens with zero attached hydrogens (tertiary/aromatic N) is 3. The SMILES string of the molecule is CC(C)(C)n1nc(C2CC2)cc1C(=O)N1CCC(C(N)=O)C1. The summed E-state index contributed by atoms with van der Waals surface area (Å²) in [6.45, 7) is 7.14. The van der Waals surface area contributed by atoms with E-state index in [4.69, 9.17) is 5.73 Å². The summed E-state index contributed by atoms with van der Waals surface area (Å²) in [6.07, 6.45) is 2.96. The number of carbonyl (C=O) groups excluding carboxylic acids is 2. The van der Waals surface area contributed by atoms with Gasteiger partial charge in [-0.3, -0.25) is 14.3 Å². The normalized spacial score (nSPS) is 22.1. The average molecular weight is 304 g/mol. The fraction of sp³-hybridized carbons (Fsp3) is 0.688. The predicted octanol–water partition coefficient (Wildman–Crippen LogP) is 1.46. The van der Waals surface area contributed by atoms with Crippen LogP contribution in [0.25, 0.3) is 0 Å². The number of hydrogen-bond acceptors (Lipinski definition) is 3. The molecule has 0 bridgehead atoms. The molecule has 1 aliphatic carbocycles. The second-order valence-corrected chi connectivity index (χ2v) is 7.45. The molecule has 1 unspecified atom stereocenters. The number of amides is 2. The molecule has 1 aromatic rings. The van der Waals surface area contributed by atoms with E-state index >= 15 is 0 Å². The van der Waals surface area contributed by atoms with Crippen LogP contribution in [0, 0.1) is 5.92 Å². The fourth-order valence-corrected chi connectivity index (χ4v) is 2.98. The zero-order valence-electron chi connectivity index (χ0n) is 13.5. The first-order valence-corrected chi connectivity index (χ1v) is 7.96. The van der Waals surface area contributed by atoms with E-state index in [1.807, 2.05) is 31.5 Å². The fourth-order valence-electron chi connectivity index (χ4n) is 2.98. The van der Waals surface area contributed by atoms with Crippen LogP contribution in [-0.2, 0) is 10.3 Å². The van der Waals surface area contributed by atoms with Gasteiger partial charge in [-0.2, -0.15) is 5.10 Å². The Bertz CT molecular complexity index is 610. The molecule has 1 saturated carbocycles. The summed E-state index contributed by atoms with van der Waals surface area (Å²) in [5.74, 6) is -0.0821. The molecule has 3 rings (SSSR count). The van der Waals surface area contributed by atoms with E-state index in [0.29, 0.717) is 31.1 Å². The average Bonchev–Trinajstić information content (AvgIpc) is 3.00. The summed E-state index contributed by atoms with van der Waals surface area (Å²) < 4.78 is 1.83. The zero-order valence-corrected chi connectivity index (χ0v) is 13.5. The summed E-state index contributed by atoms with van der Waals surface area (Å²) in [5.41, 5.74) is 6.75. The van der Waals surface area contributed by atoms with Crippen molar-refractivity contribution in [2.45, 2.75) is 51.5 Å². The number of carbonyl (C=O) groups is 2. The van der Waals surface area contributed by atoms with Gasteiger partial charge in [-0.1, -0.05) is 0 Å². The topological polar surface area (TPSA) is 81.2 Å². The Labute approximate surface area is 130 Å². The Hall–Kier alpha value is -1.85. The predicted molar refractivity (Wildman–Crippen MR) is 82.4 cm³/mol. The Morgan fingerprint density at radius 2 is 1.95 bits per heavy atom. The monoisotopic (exact) mass is 304 g/mol. The smallest absolute Gasteiger partial charge is 0.272 e. The number of likely N-dealkylation sites (tertiary alicyclic amines) is 1. The van der Waals surface area contributed by atoms with Gasteiger partial charge in [0.25, 0.3) is 5.91 Å². The van der Waals surface area contributed by atoms with Gasteiger partial charge >= 0.3 is 0 Å². The van der Waals surface area contributed by atoms with Gasteiger partial charge in [0.1, 0.15) is 5.69 Å². The van der Waals surface area contributed by atoms with Gasteiger partial charge in [0.2, 0.25) is 5.91 Å². The largest absolute Gasteiger partial charge is 0.369 e. The summed E-state index contributed by atoms with van der Waals surface area (Å²) in [7, 11) is 0. The third-order valence-electron chi connectivity index (χ3n) is 4.46. The molecule has 0 radical (unpaired) electrons. The summed E-state index contributed by atoms with van der Waals surface area (Å²) >= 11 is 0. The number of aromatic nitrogens is 2. The van der Waals surface area contributed by atoms with Crippen molar-refractivity contribution < 1.29 is 9.59 Å². The molecule has 0 spiro atoms. The van der Waals surface area contributed by atoms with Crippen molar-refractivity contribution in [2.75, 3.05) is 13.1 Å². The molecule has 2 fully saturated rings. The van der Waals surface area contributed by atoms with Gasteiger partial charge in [-0.15, -0.1) is 0 Å². The first-order chi connectivity index (χ1) is 10.3. The minimum absolute atomic E-state index is 0.0434. The van der Waals surface area contributed by atoms with Crippen LogP contribution >= 0.6 is 0 Å². The van der Waals surface area contributed by atoms with Crippen molar-refractivity contribution >= 4 is 11.8 Å². The second-order valence-electron chi connectivity index (χ2n) is 7.45. The molecule has 6 nitrogen and oxygen atoms in total. The highest BCUT2D eigenvalue weighted by Crippen LogP contribution is 2.40. The van der Waals surface area contributed by atoms with E-state index in [1.165, 1.54) is 0 Å². The van der Waals surface area contributed by atoms with Crippen LogP contribution in [0.5, 0.6) is 0 Å². The van der Waals surface area contributed by atoms with Gasteiger partial charge in [-0.05, 0) is 46.1 Å². The molecule has 1 saturated heterocycles. The molecule has 6 heteroatoms. The maximum Gasteiger partial charge on any atom is 0.272 e. The summed E-state index contributed by atoms with van der Waals surface area (Å²) in [5, 5.41) is 4.67. The molecule has 120 valence electrons. The molecule has 0 aromatic carbocycles. The van der Waals surface area contributed by atoms with Gasteiger partial charge in [-0.25, -0.2) is 0 Å². The summed E-state index contributed by atoms with van der Waals surface area (Å²) in [6, 6.07) is 1.93. The van der Waals surface area contributed by atoms with E-state index in [2.05, 4.69) is 5.10 Å². The molecular weight excluding hydrogens is 280 g/mol. The van der Waals surface area contributed by atoms with Crippen LogP contribution in [-0.4, -0.2) is 39.6 Å². The van der Waals surface area contributed by atoms with Gasteiger partial charge in [0.05, 0.1) is 17.2 Å². The molecule has 2 aliphatic rings. The third kappa shape index (κ3) is 2.74. The molecule has 2 heterocycles. The number of nitrogens with two attached hydrogens (primary N) is 1. The van der Waals surface area contributed by atoms with Crippen LogP contribution < -0.4 is 5.73 Å². The lowest BCUT2D eigenvalue weighted by atomic mass is 10.1. The molecule has 1 aliphatic heterocycles. The highest BCUT2D eigenvalue weighted by atomic mass is 16.2. The van der Waals surface area contributed by atoms with E-state index in [9.17, 15) is 9.59 Å². The van der Waals surface area contributed by atoms with Crippen LogP contribution in [0.1, 0.15) is 62.1 Å². The zero-order chi connectivity index (χ0) is 16.1. The number of primary amides is 1. The Morgan fingerprint density at radius 1 is 1.27 bits per heavy atom. The highest BCUT2D eigenvalue weighted by Gasteiger charge is 2.35. The van der Waals surface area contributed by atoms with Crippen LogP contribution in [0.15, 0.2) is 6.07 Å². The molecular formula is C16H24N4O2. The number of rotatable bonds is 3. The highest BCUT2D eigenvalue weighted by molar-refractivity contribution is 5.93. The molecule has 2 N–H and O–H groups in total. The van der Waals surface area contributed by atoms with E-state index in [1.54, 1.807) is 4.90 Å². The van der Waals surface area contributed by atoms with Gasteiger partial charge in [0.15, 0.2) is 0 Å². The van der Waals surface area contributed by atoms with Crippen molar-refractivity contribution in [2.24, 2.45) is 11.7 Å². The molecule has 22 heavy (non-hydrogen) atoms. The first-order valence-electron chi connectivity index (χ1n) is 7.96. The Balaban J connectivity index is 1.87. The number of hydrogen-bond donors (Lipinski definition) is 1. The van der Waals surface area contributed by atoms with E-state index in [-0.39, 0.29) is 23.3 Å². The van der Waals surface area contributed by atoms with Gasteiger partial charge in [0, 0.05) is 19.0 Å². The lowest BCUT2D eigenvalue weighted by molar-refractivity contribution is -0.121.